The van der Waals surface area contributed by atoms with E-state index >= 15 is 0 Å². The lowest BCUT2D eigenvalue weighted by molar-refractivity contribution is -0.274. The molecule has 2 rings (SSSR count). The molecule has 1 aliphatic rings. The van der Waals surface area contributed by atoms with Crippen LogP contribution in [-0.2, 0) is 4.79 Å². The molecule has 0 aliphatic carbocycles. The molecule has 0 bridgehead atoms. The number of urea groups is 1. The minimum Gasteiger partial charge on any atom is -0.406 e. The van der Waals surface area contributed by atoms with Crippen molar-refractivity contribution in [1.29, 1.82) is 0 Å². The first kappa shape index (κ1) is 15.1. The fourth-order valence-electron chi connectivity index (χ4n) is 2.02. The highest BCUT2D eigenvalue weighted by Gasteiger charge is 2.34. The van der Waals surface area contributed by atoms with Crippen molar-refractivity contribution in [1.82, 2.24) is 5.32 Å². The molecule has 1 atom stereocenters. The fourth-order valence-corrected chi connectivity index (χ4v) is 2.02. The van der Waals surface area contributed by atoms with Gasteiger partial charge in [0.15, 0.2) is 0 Å². The van der Waals surface area contributed by atoms with Crippen LogP contribution < -0.4 is 15.0 Å². The molecule has 8 heteroatoms. The van der Waals surface area contributed by atoms with E-state index < -0.39 is 18.1 Å². The second-order valence-corrected chi connectivity index (χ2v) is 4.51. The highest BCUT2D eigenvalue weighted by Crippen LogP contribution is 2.27. The minimum absolute atomic E-state index is 0.199. The van der Waals surface area contributed by atoms with E-state index in [1.54, 1.807) is 0 Å². The van der Waals surface area contributed by atoms with Crippen LogP contribution in [-0.4, -0.2) is 24.8 Å². The number of carbonyl (C=O) groups is 2. The highest BCUT2D eigenvalue weighted by molar-refractivity contribution is 6.16. The van der Waals surface area contributed by atoms with E-state index in [1.165, 1.54) is 12.1 Å². The molecule has 1 fully saturated rings. The van der Waals surface area contributed by atoms with Crippen molar-refractivity contribution in [3.8, 4) is 5.75 Å². The van der Waals surface area contributed by atoms with Crippen molar-refractivity contribution in [2.24, 2.45) is 5.92 Å². The van der Waals surface area contributed by atoms with Gasteiger partial charge in [0.2, 0.25) is 5.91 Å². The molecule has 0 saturated carbocycles. The highest BCUT2D eigenvalue weighted by atomic mass is 19.4. The van der Waals surface area contributed by atoms with Crippen molar-refractivity contribution in [2.75, 3.05) is 11.4 Å². The zero-order valence-electron chi connectivity index (χ0n) is 11.1. The van der Waals surface area contributed by atoms with Gasteiger partial charge >= 0.3 is 12.4 Å². The van der Waals surface area contributed by atoms with Gasteiger partial charge in [-0.3, -0.25) is 4.79 Å². The summed E-state index contributed by atoms with van der Waals surface area (Å²) in [7, 11) is 0. The summed E-state index contributed by atoms with van der Waals surface area (Å²) in [5, 5.41) is 2.57. The van der Waals surface area contributed by atoms with Crippen molar-refractivity contribution in [3.63, 3.8) is 0 Å². The molecule has 114 valence electrons. The Hall–Kier alpha value is -2.25. The topological polar surface area (TPSA) is 58.6 Å². The fraction of sp³-hybridized carbons (Fsp3) is 0.385. The molecule has 1 aromatic carbocycles. The predicted molar refractivity (Wildman–Crippen MR) is 67.8 cm³/mol. The van der Waals surface area contributed by atoms with E-state index in [4.69, 9.17) is 0 Å². The summed E-state index contributed by atoms with van der Waals surface area (Å²) < 4.78 is 39.9. The molecule has 3 amide bonds. The Bertz CT molecular complexity index is 543. The Labute approximate surface area is 118 Å². The third-order valence-electron chi connectivity index (χ3n) is 3.09. The van der Waals surface area contributed by atoms with Crippen LogP contribution in [0.15, 0.2) is 24.3 Å². The van der Waals surface area contributed by atoms with Crippen LogP contribution in [0.25, 0.3) is 0 Å². The minimum atomic E-state index is -4.78. The van der Waals surface area contributed by atoms with E-state index in [1.807, 2.05) is 6.92 Å². The summed E-state index contributed by atoms with van der Waals surface area (Å²) in [6.07, 6.45) is -4.22. The van der Waals surface area contributed by atoms with Crippen molar-refractivity contribution >= 4 is 17.6 Å². The van der Waals surface area contributed by atoms with Gasteiger partial charge < -0.3 is 10.1 Å². The van der Waals surface area contributed by atoms with E-state index in [0.717, 1.165) is 17.0 Å². The summed E-state index contributed by atoms with van der Waals surface area (Å²) in [6.45, 7) is 2.08. The van der Waals surface area contributed by atoms with E-state index in [0.29, 0.717) is 6.42 Å². The lowest BCUT2D eigenvalue weighted by Crippen LogP contribution is -2.55. The van der Waals surface area contributed by atoms with Gasteiger partial charge in [0, 0.05) is 6.54 Å². The van der Waals surface area contributed by atoms with Gasteiger partial charge in [0.05, 0.1) is 11.6 Å². The average molecular weight is 302 g/mol. The zero-order chi connectivity index (χ0) is 15.6. The summed E-state index contributed by atoms with van der Waals surface area (Å²) >= 11 is 0. The van der Waals surface area contributed by atoms with E-state index in [-0.39, 0.29) is 24.1 Å². The maximum Gasteiger partial charge on any atom is 0.573 e. The molecule has 21 heavy (non-hydrogen) atoms. The molecule has 0 radical (unpaired) electrons. The summed E-state index contributed by atoms with van der Waals surface area (Å²) in [5.74, 6) is -1.12. The Balaban J connectivity index is 2.20. The second kappa shape index (κ2) is 5.63. The Morgan fingerprint density at radius 1 is 1.29 bits per heavy atom. The normalized spacial score (nSPS) is 19.4. The number of rotatable bonds is 3. The lowest BCUT2D eigenvalue weighted by Gasteiger charge is -2.30. The zero-order valence-corrected chi connectivity index (χ0v) is 11.1. The first-order valence-corrected chi connectivity index (χ1v) is 6.29. The number of amides is 3. The van der Waals surface area contributed by atoms with Crippen LogP contribution in [0.1, 0.15) is 13.3 Å². The van der Waals surface area contributed by atoms with Crippen LogP contribution in [0.5, 0.6) is 5.75 Å². The van der Waals surface area contributed by atoms with Gasteiger partial charge in [-0.15, -0.1) is 13.2 Å². The third-order valence-corrected chi connectivity index (χ3v) is 3.09. The maximum absolute atomic E-state index is 12.1. The molecule has 1 aromatic rings. The summed E-state index contributed by atoms with van der Waals surface area (Å²) in [4.78, 5) is 24.8. The number of hydrogen-bond acceptors (Lipinski definition) is 3. The van der Waals surface area contributed by atoms with Crippen molar-refractivity contribution in [3.05, 3.63) is 24.3 Å². The first-order valence-electron chi connectivity index (χ1n) is 6.29. The molecule has 0 spiro atoms. The number of carbonyl (C=O) groups excluding carboxylic acids is 2. The van der Waals surface area contributed by atoms with Crippen LogP contribution >= 0.6 is 0 Å². The molecule has 1 saturated heterocycles. The SMILES string of the molecule is CCC1CNC(=O)N(c2ccc(OC(F)(F)F)cc2)C1=O. The number of benzene rings is 1. The number of ether oxygens (including phenoxy) is 1. The monoisotopic (exact) mass is 302 g/mol. The van der Waals surface area contributed by atoms with Gasteiger partial charge in [-0.25, -0.2) is 9.69 Å². The van der Waals surface area contributed by atoms with Gasteiger partial charge in [-0.2, -0.15) is 0 Å². The van der Waals surface area contributed by atoms with Crippen molar-refractivity contribution in [2.45, 2.75) is 19.7 Å². The largest absolute Gasteiger partial charge is 0.573 e. The third kappa shape index (κ3) is 3.45. The lowest BCUT2D eigenvalue weighted by atomic mass is 10.0. The molecule has 1 aliphatic heterocycles. The molecule has 1 heterocycles. The maximum atomic E-state index is 12.1. The molecule has 5 nitrogen and oxygen atoms in total. The molecule has 1 unspecified atom stereocenters. The van der Waals surface area contributed by atoms with Crippen LogP contribution in [0.4, 0.5) is 23.7 Å². The number of nitrogens with one attached hydrogen (secondary N) is 1. The number of imide groups is 1. The first-order chi connectivity index (χ1) is 9.81. The summed E-state index contributed by atoms with van der Waals surface area (Å²) in [5.41, 5.74) is 0.199. The molecular weight excluding hydrogens is 289 g/mol. The second-order valence-electron chi connectivity index (χ2n) is 4.51. The quantitative estimate of drug-likeness (QED) is 0.934. The Kier molecular flexibility index (Phi) is 4.06. The standard InChI is InChI=1S/C13H13F3N2O3/c1-2-8-7-17-12(20)18(11(8)19)9-3-5-10(6-4-9)21-13(14,15)16/h3-6,8H,2,7H2,1H3,(H,17,20). The smallest absolute Gasteiger partial charge is 0.406 e. The summed E-state index contributed by atoms with van der Waals surface area (Å²) in [6, 6.07) is 3.99. The van der Waals surface area contributed by atoms with Gasteiger partial charge in [0.1, 0.15) is 5.75 Å². The van der Waals surface area contributed by atoms with Crippen LogP contribution in [0.3, 0.4) is 0 Å². The molecule has 1 N–H and O–H groups in total. The van der Waals surface area contributed by atoms with Gasteiger partial charge in [-0.1, -0.05) is 6.92 Å². The number of nitrogens with zero attached hydrogens (tertiary/aromatic N) is 1. The van der Waals surface area contributed by atoms with Gasteiger partial charge in [0.25, 0.3) is 0 Å². The number of halogens is 3. The molecular formula is C13H13F3N2O3. The number of anilines is 1. The van der Waals surface area contributed by atoms with Crippen LogP contribution in [0, 0.1) is 5.92 Å². The number of hydrogen-bond donors (Lipinski definition) is 1. The Morgan fingerprint density at radius 3 is 2.43 bits per heavy atom. The Morgan fingerprint density at radius 2 is 1.90 bits per heavy atom. The van der Waals surface area contributed by atoms with E-state index in [9.17, 15) is 22.8 Å². The van der Waals surface area contributed by atoms with E-state index in [2.05, 4.69) is 10.1 Å². The van der Waals surface area contributed by atoms with Crippen molar-refractivity contribution < 1.29 is 27.5 Å². The predicted octanol–water partition coefficient (Wildman–Crippen LogP) is 2.67. The molecule has 0 aromatic heterocycles. The van der Waals surface area contributed by atoms with Crippen LogP contribution in [0.2, 0.25) is 0 Å². The van der Waals surface area contributed by atoms with Gasteiger partial charge in [-0.05, 0) is 30.7 Å². The number of alkyl halides is 3. The average Bonchev–Trinajstić information content (AvgIpc) is 2.39.